The summed E-state index contributed by atoms with van der Waals surface area (Å²) in [6, 6.07) is -0.960. The predicted octanol–water partition coefficient (Wildman–Crippen LogP) is -1.92. The summed E-state index contributed by atoms with van der Waals surface area (Å²) >= 11 is 0. The Labute approximate surface area is 61.8 Å². The van der Waals surface area contributed by atoms with E-state index in [1.807, 2.05) is 0 Å². The SMILES string of the molecule is N[C@@H](Cn1cnnn1)C(=O)O. The van der Waals surface area contributed by atoms with Crippen LogP contribution in [0.5, 0.6) is 0 Å². The molecule has 7 nitrogen and oxygen atoms in total. The predicted molar refractivity (Wildman–Crippen MR) is 33.4 cm³/mol. The van der Waals surface area contributed by atoms with E-state index < -0.39 is 12.0 Å². The Morgan fingerprint density at radius 2 is 2.55 bits per heavy atom. The van der Waals surface area contributed by atoms with Crippen LogP contribution in [0.3, 0.4) is 0 Å². The van der Waals surface area contributed by atoms with Crippen molar-refractivity contribution in [2.75, 3.05) is 0 Å². The molecule has 0 radical (unpaired) electrons. The third-order valence-electron chi connectivity index (χ3n) is 1.09. The molecule has 0 aliphatic carbocycles. The molecule has 7 heteroatoms. The molecule has 0 spiro atoms. The van der Waals surface area contributed by atoms with E-state index >= 15 is 0 Å². The van der Waals surface area contributed by atoms with Gasteiger partial charge in [-0.3, -0.25) is 4.79 Å². The summed E-state index contributed by atoms with van der Waals surface area (Å²) < 4.78 is 1.26. The Hall–Kier alpha value is -1.50. The van der Waals surface area contributed by atoms with Crippen LogP contribution in [0, 0.1) is 0 Å². The van der Waals surface area contributed by atoms with Crippen molar-refractivity contribution in [3.05, 3.63) is 6.33 Å². The van der Waals surface area contributed by atoms with Crippen LogP contribution in [0.25, 0.3) is 0 Å². The number of carbonyl (C=O) groups is 1. The van der Waals surface area contributed by atoms with Gasteiger partial charge in [0, 0.05) is 0 Å². The van der Waals surface area contributed by atoms with Crippen LogP contribution in [-0.4, -0.2) is 37.3 Å². The van der Waals surface area contributed by atoms with Gasteiger partial charge in [-0.2, -0.15) is 0 Å². The maximum absolute atomic E-state index is 10.2. The largest absolute Gasteiger partial charge is 0.480 e. The van der Waals surface area contributed by atoms with Crippen molar-refractivity contribution in [3.8, 4) is 0 Å². The van der Waals surface area contributed by atoms with Gasteiger partial charge >= 0.3 is 5.97 Å². The van der Waals surface area contributed by atoms with Crippen molar-refractivity contribution in [2.24, 2.45) is 5.73 Å². The smallest absolute Gasteiger partial charge is 0.322 e. The van der Waals surface area contributed by atoms with Crippen molar-refractivity contribution in [1.29, 1.82) is 0 Å². The molecule has 0 bridgehead atoms. The number of tetrazole rings is 1. The Balaban J connectivity index is 2.50. The molecule has 1 rings (SSSR count). The highest BCUT2D eigenvalue weighted by atomic mass is 16.4. The van der Waals surface area contributed by atoms with Gasteiger partial charge in [0.2, 0.25) is 0 Å². The van der Waals surface area contributed by atoms with Gasteiger partial charge in [0.1, 0.15) is 12.4 Å². The van der Waals surface area contributed by atoms with Crippen molar-refractivity contribution >= 4 is 5.97 Å². The molecule has 1 heterocycles. The fourth-order valence-electron chi connectivity index (χ4n) is 0.544. The number of aliphatic carboxylic acids is 1. The molecule has 11 heavy (non-hydrogen) atoms. The molecule has 1 atom stereocenters. The van der Waals surface area contributed by atoms with Gasteiger partial charge in [0.15, 0.2) is 0 Å². The van der Waals surface area contributed by atoms with Gasteiger partial charge in [-0.15, -0.1) is 5.10 Å². The zero-order chi connectivity index (χ0) is 8.27. The Kier molecular flexibility index (Phi) is 2.12. The van der Waals surface area contributed by atoms with E-state index in [1.165, 1.54) is 11.0 Å². The van der Waals surface area contributed by atoms with Gasteiger partial charge in [0.05, 0.1) is 6.54 Å². The van der Waals surface area contributed by atoms with E-state index in [1.54, 1.807) is 0 Å². The van der Waals surface area contributed by atoms with E-state index in [2.05, 4.69) is 15.5 Å². The zero-order valence-electron chi connectivity index (χ0n) is 5.58. The summed E-state index contributed by atoms with van der Waals surface area (Å²) in [5.41, 5.74) is 5.19. The van der Waals surface area contributed by atoms with E-state index in [0.717, 1.165) is 0 Å². The van der Waals surface area contributed by atoms with Crippen LogP contribution in [0.4, 0.5) is 0 Å². The van der Waals surface area contributed by atoms with Crippen molar-refractivity contribution in [3.63, 3.8) is 0 Å². The normalized spacial score (nSPS) is 12.8. The molecule has 0 aromatic carbocycles. The molecule has 0 aliphatic heterocycles. The van der Waals surface area contributed by atoms with Crippen LogP contribution in [-0.2, 0) is 11.3 Å². The van der Waals surface area contributed by atoms with Gasteiger partial charge in [-0.1, -0.05) is 0 Å². The van der Waals surface area contributed by atoms with Gasteiger partial charge < -0.3 is 10.8 Å². The number of nitrogens with zero attached hydrogens (tertiary/aromatic N) is 4. The molecule has 0 fully saturated rings. The number of carboxylic acid groups (broad SMARTS) is 1. The molecule has 3 N–H and O–H groups in total. The highest BCUT2D eigenvalue weighted by Gasteiger charge is 2.11. The number of hydrogen-bond donors (Lipinski definition) is 2. The number of rotatable bonds is 3. The summed E-state index contributed by atoms with van der Waals surface area (Å²) in [7, 11) is 0. The Bertz CT molecular complexity index is 233. The quantitative estimate of drug-likeness (QED) is 0.529. The highest BCUT2D eigenvalue weighted by Crippen LogP contribution is 1.84. The van der Waals surface area contributed by atoms with Crippen molar-refractivity contribution in [1.82, 2.24) is 20.2 Å². The standard InChI is InChI=1S/C4H7N5O2/c5-3(4(10)11)1-9-2-6-7-8-9/h2-3H,1,5H2,(H,10,11)/t3-/m0/s1. The minimum Gasteiger partial charge on any atom is -0.480 e. The van der Waals surface area contributed by atoms with Crippen LogP contribution < -0.4 is 5.73 Å². The monoisotopic (exact) mass is 157 g/mol. The molecule has 1 aromatic rings. The average Bonchev–Trinajstić information content (AvgIpc) is 2.39. The molecule has 0 aliphatic rings. The first kappa shape index (κ1) is 7.61. The summed E-state index contributed by atoms with van der Waals surface area (Å²) in [6.45, 7) is 0.0856. The maximum atomic E-state index is 10.2. The van der Waals surface area contributed by atoms with Gasteiger partial charge in [-0.05, 0) is 10.4 Å². The molecule has 0 saturated carbocycles. The first-order valence-electron chi connectivity index (χ1n) is 2.89. The third-order valence-corrected chi connectivity index (χ3v) is 1.09. The third kappa shape index (κ3) is 1.97. The summed E-state index contributed by atoms with van der Waals surface area (Å²) in [4.78, 5) is 10.2. The van der Waals surface area contributed by atoms with Crippen molar-refractivity contribution < 1.29 is 9.90 Å². The first-order chi connectivity index (χ1) is 5.20. The molecule has 0 saturated heterocycles. The first-order valence-corrected chi connectivity index (χ1v) is 2.89. The second-order valence-electron chi connectivity index (χ2n) is 1.98. The molecule has 60 valence electrons. The van der Waals surface area contributed by atoms with Crippen molar-refractivity contribution in [2.45, 2.75) is 12.6 Å². The molecule has 1 aromatic heterocycles. The van der Waals surface area contributed by atoms with E-state index in [0.29, 0.717) is 0 Å². The molecule has 0 unspecified atom stereocenters. The summed E-state index contributed by atoms with van der Waals surface area (Å²) in [5, 5.41) is 18.5. The number of hydrogen-bond acceptors (Lipinski definition) is 5. The minimum absolute atomic E-state index is 0.0856. The fraction of sp³-hybridized carbons (Fsp3) is 0.500. The average molecular weight is 157 g/mol. The summed E-state index contributed by atoms with van der Waals surface area (Å²) in [6.07, 6.45) is 1.31. The van der Waals surface area contributed by atoms with E-state index in [9.17, 15) is 4.79 Å². The summed E-state index contributed by atoms with van der Waals surface area (Å²) in [5.74, 6) is -1.07. The molecular formula is C4H7N5O2. The molecule has 0 amide bonds. The highest BCUT2D eigenvalue weighted by molar-refractivity contribution is 5.72. The van der Waals surface area contributed by atoms with Gasteiger partial charge in [0.25, 0.3) is 0 Å². The Morgan fingerprint density at radius 3 is 3.00 bits per heavy atom. The van der Waals surface area contributed by atoms with Gasteiger partial charge in [-0.25, -0.2) is 4.68 Å². The van der Waals surface area contributed by atoms with Crippen LogP contribution in [0.1, 0.15) is 0 Å². The minimum atomic E-state index is -1.07. The Morgan fingerprint density at radius 1 is 1.82 bits per heavy atom. The van der Waals surface area contributed by atoms with E-state index in [-0.39, 0.29) is 6.54 Å². The van der Waals surface area contributed by atoms with Crippen LogP contribution in [0.2, 0.25) is 0 Å². The lowest BCUT2D eigenvalue weighted by Crippen LogP contribution is -2.34. The lowest BCUT2D eigenvalue weighted by Gasteiger charge is -2.03. The lowest BCUT2D eigenvalue weighted by atomic mass is 10.3. The number of carboxylic acids is 1. The maximum Gasteiger partial charge on any atom is 0.322 e. The van der Waals surface area contributed by atoms with E-state index in [4.69, 9.17) is 10.8 Å². The fourth-order valence-corrected chi connectivity index (χ4v) is 0.544. The second-order valence-corrected chi connectivity index (χ2v) is 1.98. The number of nitrogens with two attached hydrogens (primary N) is 1. The number of aromatic nitrogens is 4. The van der Waals surface area contributed by atoms with Crippen LogP contribution >= 0.6 is 0 Å². The molecular weight excluding hydrogens is 150 g/mol. The second kappa shape index (κ2) is 3.06. The lowest BCUT2D eigenvalue weighted by molar-refractivity contribution is -0.138. The van der Waals surface area contributed by atoms with Crippen LogP contribution in [0.15, 0.2) is 6.33 Å². The zero-order valence-corrected chi connectivity index (χ0v) is 5.58. The topological polar surface area (TPSA) is 107 Å².